The summed E-state index contributed by atoms with van der Waals surface area (Å²) in [5, 5.41) is 0. The summed E-state index contributed by atoms with van der Waals surface area (Å²) in [4.78, 5) is 22.6. The zero-order valence-electron chi connectivity index (χ0n) is 8.60. The van der Waals surface area contributed by atoms with Gasteiger partial charge in [0.2, 0.25) is 0 Å². The topological polar surface area (TPSA) is 48.3 Å². The lowest BCUT2D eigenvalue weighted by Crippen LogP contribution is -2.20. The third-order valence-electron chi connectivity index (χ3n) is 1.98. The van der Waals surface area contributed by atoms with Crippen molar-refractivity contribution in [3.8, 4) is 0 Å². The predicted octanol–water partition coefficient (Wildman–Crippen LogP) is 1.21. The van der Waals surface area contributed by atoms with Gasteiger partial charge in [-0.15, -0.1) is 6.58 Å². The Labute approximate surface area is 87.8 Å². The number of allylic oxidation sites excluding steroid dienone is 1. The van der Waals surface area contributed by atoms with Crippen LogP contribution in [0.3, 0.4) is 0 Å². The summed E-state index contributed by atoms with van der Waals surface area (Å²) in [6, 6.07) is 2.81. The number of hydrogen-bond donors (Lipinski definition) is 0. The Morgan fingerprint density at radius 1 is 1.60 bits per heavy atom. The van der Waals surface area contributed by atoms with Crippen molar-refractivity contribution in [3.05, 3.63) is 46.9 Å². The average Bonchev–Trinajstić information content (AvgIpc) is 2.27. The fourth-order valence-electron chi connectivity index (χ4n) is 1.18. The number of hydrogen-bond acceptors (Lipinski definition) is 3. The molecule has 4 heteroatoms. The first-order valence-electron chi connectivity index (χ1n) is 4.58. The molecular formula is C11H13NO3. The van der Waals surface area contributed by atoms with Crippen LogP contribution >= 0.6 is 0 Å². The minimum absolute atomic E-state index is 0.135. The molecule has 0 amide bonds. The number of pyridine rings is 1. The van der Waals surface area contributed by atoms with Gasteiger partial charge in [0.15, 0.2) is 0 Å². The Balaban J connectivity index is 2.99. The molecule has 0 atom stereocenters. The molecule has 1 heterocycles. The molecule has 0 N–H and O–H groups in total. The molecule has 0 aliphatic carbocycles. The van der Waals surface area contributed by atoms with Gasteiger partial charge >= 0.3 is 5.97 Å². The van der Waals surface area contributed by atoms with Crippen LogP contribution in [-0.4, -0.2) is 17.6 Å². The second kappa shape index (κ2) is 5.14. The average molecular weight is 207 g/mol. The van der Waals surface area contributed by atoms with Crippen LogP contribution in [0.25, 0.3) is 0 Å². The molecule has 1 aromatic heterocycles. The van der Waals surface area contributed by atoms with Gasteiger partial charge in [-0.25, -0.2) is 4.79 Å². The summed E-state index contributed by atoms with van der Waals surface area (Å²) < 4.78 is 6.03. The molecule has 0 radical (unpaired) electrons. The molecule has 0 saturated heterocycles. The summed E-state index contributed by atoms with van der Waals surface area (Å²) in [6.45, 7) is 4.09. The second-order valence-electron chi connectivity index (χ2n) is 3.02. The van der Waals surface area contributed by atoms with E-state index in [0.717, 1.165) is 0 Å². The standard InChI is InChI=1S/C11H13NO3/c1-3-4-7-12-8-9(11(14)15-2)5-6-10(12)13/h3,5-6,8H,1,4,7H2,2H3. The van der Waals surface area contributed by atoms with E-state index in [4.69, 9.17) is 0 Å². The lowest BCUT2D eigenvalue weighted by atomic mass is 10.3. The summed E-state index contributed by atoms with van der Waals surface area (Å²) in [7, 11) is 1.31. The quantitative estimate of drug-likeness (QED) is 0.550. The molecule has 1 rings (SSSR count). The molecule has 80 valence electrons. The highest BCUT2D eigenvalue weighted by Crippen LogP contribution is 1.99. The van der Waals surface area contributed by atoms with Crippen LogP contribution in [0.4, 0.5) is 0 Å². The fourth-order valence-corrected chi connectivity index (χ4v) is 1.18. The van der Waals surface area contributed by atoms with Gasteiger partial charge in [-0.3, -0.25) is 4.79 Å². The van der Waals surface area contributed by atoms with Crippen molar-refractivity contribution in [2.24, 2.45) is 0 Å². The van der Waals surface area contributed by atoms with Crippen LogP contribution in [-0.2, 0) is 11.3 Å². The van der Waals surface area contributed by atoms with Gasteiger partial charge < -0.3 is 9.30 Å². The van der Waals surface area contributed by atoms with Crippen molar-refractivity contribution in [2.75, 3.05) is 7.11 Å². The van der Waals surface area contributed by atoms with E-state index >= 15 is 0 Å². The molecule has 4 nitrogen and oxygen atoms in total. The second-order valence-corrected chi connectivity index (χ2v) is 3.02. The highest BCUT2D eigenvalue weighted by molar-refractivity contribution is 5.88. The van der Waals surface area contributed by atoms with Crippen molar-refractivity contribution >= 4 is 5.97 Å². The number of methoxy groups -OCH3 is 1. The highest BCUT2D eigenvalue weighted by atomic mass is 16.5. The number of carbonyl (C=O) groups excluding carboxylic acids is 1. The Bertz CT molecular complexity index is 420. The number of esters is 1. The van der Waals surface area contributed by atoms with Gasteiger partial charge in [0.25, 0.3) is 5.56 Å². The van der Waals surface area contributed by atoms with E-state index in [1.165, 1.54) is 30.0 Å². The first-order valence-corrected chi connectivity index (χ1v) is 4.58. The van der Waals surface area contributed by atoms with Crippen molar-refractivity contribution in [1.82, 2.24) is 4.57 Å². The summed E-state index contributed by atoms with van der Waals surface area (Å²) in [5.74, 6) is -0.442. The van der Waals surface area contributed by atoms with E-state index in [1.54, 1.807) is 6.08 Å². The minimum atomic E-state index is -0.442. The largest absolute Gasteiger partial charge is 0.465 e. The number of aryl methyl sites for hydroxylation is 1. The monoisotopic (exact) mass is 207 g/mol. The predicted molar refractivity (Wildman–Crippen MR) is 56.9 cm³/mol. The van der Waals surface area contributed by atoms with Crippen LogP contribution in [0.15, 0.2) is 35.8 Å². The maximum Gasteiger partial charge on any atom is 0.339 e. The van der Waals surface area contributed by atoms with Gasteiger partial charge in [-0.1, -0.05) is 6.08 Å². The first kappa shape index (κ1) is 11.2. The molecule has 0 aromatic carbocycles. The van der Waals surface area contributed by atoms with Gasteiger partial charge in [0.05, 0.1) is 12.7 Å². The zero-order chi connectivity index (χ0) is 11.3. The molecule has 0 unspecified atom stereocenters. The number of carbonyl (C=O) groups is 1. The van der Waals surface area contributed by atoms with Gasteiger partial charge in [-0.05, 0) is 12.5 Å². The first-order chi connectivity index (χ1) is 7.19. The fraction of sp³-hybridized carbons (Fsp3) is 0.273. The third kappa shape index (κ3) is 2.80. The Morgan fingerprint density at radius 3 is 2.93 bits per heavy atom. The van der Waals surface area contributed by atoms with Gasteiger partial charge in [0, 0.05) is 18.8 Å². The van der Waals surface area contributed by atoms with E-state index in [1.807, 2.05) is 0 Å². The molecule has 0 aliphatic heterocycles. The van der Waals surface area contributed by atoms with Gasteiger partial charge in [-0.2, -0.15) is 0 Å². The summed E-state index contributed by atoms with van der Waals surface area (Å²) in [6.07, 6.45) is 3.90. The van der Waals surface area contributed by atoms with E-state index < -0.39 is 5.97 Å². The van der Waals surface area contributed by atoms with Crippen molar-refractivity contribution in [3.63, 3.8) is 0 Å². The van der Waals surface area contributed by atoms with Crippen molar-refractivity contribution in [2.45, 2.75) is 13.0 Å². The van der Waals surface area contributed by atoms with Crippen molar-refractivity contribution < 1.29 is 9.53 Å². The Hall–Kier alpha value is -1.84. The Kier molecular flexibility index (Phi) is 3.85. The number of ether oxygens (including phenoxy) is 1. The van der Waals surface area contributed by atoms with Gasteiger partial charge in [0.1, 0.15) is 0 Å². The molecule has 0 fully saturated rings. The van der Waals surface area contributed by atoms with Crippen LogP contribution < -0.4 is 5.56 Å². The summed E-state index contributed by atoms with van der Waals surface area (Å²) in [5.41, 5.74) is 0.241. The van der Waals surface area contributed by atoms with Crippen LogP contribution in [0.2, 0.25) is 0 Å². The Morgan fingerprint density at radius 2 is 2.33 bits per heavy atom. The van der Waals surface area contributed by atoms with Crippen molar-refractivity contribution in [1.29, 1.82) is 0 Å². The zero-order valence-corrected chi connectivity index (χ0v) is 8.60. The number of nitrogens with zero attached hydrogens (tertiary/aromatic N) is 1. The van der Waals surface area contributed by atoms with Crippen LogP contribution in [0, 0.1) is 0 Å². The third-order valence-corrected chi connectivity index (χ3v) is 1.98. The lowest BCUT2D eigenvalue weighted by molar-refractivity contribution is 0.0599. The highest BCUT2D eigenvalue weighted by Gasteiger charge is 2.06. The summed E-state index contributed by atoms with van der Waals surface area (Å²) >= 11 is 0. The maximum absolute atomic E-state index is 11.4. The minimum Gasteiger partial charge on any atom is -0.465 e. The molecule has 15 heavy (non-hydrogen) atoms. The molecule has 0 saturated carbocycles. The lowest BCUT2D eigenvalue weighted by Gasteiger charge is -2.05. The number of rotatable bonds is 4. The van der Waals surface area contributed by atoms with Crippen LogP contribution in [0.5, 0.6) is 0 Å². The normalized spacial score (nSPS) is 9.67. The van der Waals surface area contributed by atoms with E-state index in [0.29, 0.717) is 18.5 Å². The molecule has 1 aromatic rings. The van der Waals surface area contributed by atoms with E-state index in [-0.39, 0.29) is 5.56 Å². The molecular weight excluding hydrogens is 194 g/mol. The molecule has 0 bridgehead atoms. The molecule has 0 aliphatic rings. The SMILES string of the molecule is C=CCCn1cc(C(=O)OC)ccc1=O. The van der Waals surface area contributed by atoms with E-state index in [9.17, 15) is 9.59 Å². The number of aromatic nitrogens is 1. The molecule has 0 spiro atoms. The van der Waals surface area contributed by atoms with E-state index in [2.05, 4.69) is 11.3 Å². The van der Waals surface area contributed by atoms with Crippen LogP contribution in [0.1, 0.15) is 16.8 Å². The maximum atomic E-state index is 11.4. The smallest absolute Gasteiger partial charge is 0.339 e.